The van der Waals surface area contributed by atoms with Crippen molar-refractivity contribution in [3.63, 3.8) is 0 Å². The summed E-state index contributed by atoms with van der Waals surface area (Å²) in [6.07, 6.45) is 4.34. The minimum atomic E-state index is 0.712. The fourth-order valence-electron chi connectivity index (χ4n) is 1.02. The molecule has 0 radical (unpaired) electrons. The van der Waals surface area contributed by atoms with E-state index in [0.29, 0.717) is 5.69 Å². The van der Waals surface area contributed by atoms with Crippen molar-refractivity contribution in [2.45, 2.75) is 6.42 Å². The molecule has 0 unspecified atom stereocenters. The molecule has 1 aliphatic heterocycles. The molecule has 0 aromatic carbocycles. The van der Waals surface area contributed by atoms with Crippen LogP contribution in [0.15, 0.2) is 17.3 Å². The predicted molar refractivity (Wildman–Crippen MR) is 40.5 cm³/mol. The van der Waals surface area contributed by atoms with E-state index in [9.17, 15) is 0 Å². The highest BCUT2D eigenvalue weighted by Crippen LogP contribution is 2.21. The monoisotopic (exact) mass is 133 g/mol. The van der Waals surface area contributed by atoms with Gasteiger partial charge < -0.3 is 5.73 Å². The lowest BCUT2D eigenvalue weighted by atomic mass is 10.2. The third kappa shape index (κ3) is 0.673. The minimum absolute atomic E-state index is 0.712. The molecule has 2 N–H and O–H groups in total. The van der Waals surface area contributed by atoms with Crippen LogP contribution in [0.2, 0.25) is 0 Å². The number of aliphatic imine (C=N–C) groups is 1. The van der Waals surface area contributed by atoms with Gasteiger partial charge in [-0.25, -0.2) is 9.98 Å². The second-order valence-electron chi connectivity index (χ2n) is 2.27. The second-order valence-corrected chi connectivity index (χ2v) is 2.27. The second kappa shape index (κ2) is 1.80. The zero-order chi connectivity index (χ0) is 6.97. The largest absolute Gasteiger partial charge is 0.397 e. The Bertz CT molecular complexity index is 291. The predicted octanol–water partition coefficient (Wildman–Crippen LogP) is 0.922. The van der Waals surface area contributed by atoms with Crippen LogP contribution in [0, 0.1) is 0 Å². The van der Waals surface area contributed by atoms with Crippen LogP contribution in [0.4, 0.5) is 11.5 Å². The van der Waals surface area contributed by atoms with Gasteiger partial charge >= 0.3 is 0 Å². The molecule has 2 rings (SSSR count). The Labute approximate surface area is 58.6 Å². The van der Waals surface area contributed by atoms with Gasteiger partial charge in [-0.1, -0.05) is 0 Å². The Morgan fingerprint density at radius 1 is 1.50 bits per heavy atom. The molecule has 1 aromatic rings. The Kier molecular flexibility index (Phi) is 0.974. The quantitative estimate of drug-likeness (QED) is 0.572. The van der Waals surface area contributed by atoms with Crippen LogP contribution in [0.1, 0.15) is 5.56 Å². The fourth-order valence-corrected chi connectivity index (χ4v) is 1.02. The van der Waals surface area contributed by atoms with E-state index in [2.05, 4.69) is 9.98 Å². The lowest BCUT2D eigenvalue weighted by Gasteiger charge is -1.95. The van der Waals surface area contributed by atoms with E-state index < -0.39 is 0 Å². The SMILES string of the molecule is Nc1cnc2c(c1)CC=N2. The van der Waals surface area contributed by atoms with Gasteiger partial charge in [-0.15, -0.1) is 0 Å². The van der Waals surface area contributed by atoms with E-state index in [4.69, 9.17) is 5.73 Å². The van der Waals surface area contributed by atoms with Crippen molar-refractivity contribution >= 4 is 17.7 Å². The standard InChI is InChI=1S/C7H7N3/c8-6-3-5-1-2-9-7(5)10-4-6/h2-4H,1,8H2. The van der Waals surface area contributed by atoms with Crippen LogP contribution in [0.3, 0.4) is 0 Å². The first kappa shape index (κ1) is 5.41. The van der Waals surface area contributed by atoms with Crippen LogP contribution < -0.4 is 5.73 Å². The van der Waals surface area contributed by atoms with Gasteiger partial charge in [0.05, 0.1) is 11.9 Å². The topological polar surface area (TPSA) is 51.3 Å². The number of anilines is 1. The van der Waals surface area contributed by atoms with Crippen molar-refractivity contribution in [3.8, 4) is 0 Å². The molecule has 1 aromatic heterocycles. The number of pyridine rings is 1. The van der Waals surface area contributed by atoms with Gasteiger partial charge in [0, 0.05) is 18.2 Å². The smallest absolute Gasteiger partial charge is 0.155 e. The average molecular weight is 133 g/mol. The van der Waals surface area contributed by atoms with Gasteiger partial charge in [0.25, 0.3) is 0 Å². The van der Waals surface area contributed by atoms with Crippen molar-refractivity contribution in [2.24, 2.45) is 4.99 Å². The van der Waals surface area contributed by atoms with Gasteiger partial charge in [0.15, 0.2) is 5.82 Å². The zero-order valence-electron chi connectivity index (χ0n) is 5.41. The van der Waals surface area contributed by atoms with Crippen molar-refractivity contribution in [3.05, 3.63) is 17.8 Å². The molecule has 0 saturated heterocycles. The summed E-state index contributed by atoms with van der Waals surface area (Å²) in [6, 6.07) is 1.91. The molecule has 0 amide bonds. The van der Waals surface area contributed by atoms with E-state index in [0.717, 1.165) is 17.8 Å². The van der Waals surface area contributed by atoms with Gasteiger partial charge in [-0.3, -0.25) is 0 Å². The molecular weight excluding hydrogens is 126 g/mol. The maximum Gasteiger partial charge on any atom is 0.155 e. The molecule has 0 saturated carbocycles. The summed E-state index contributed by atoms with van der Waals surface area (Å²) in [5, 5.41) is 0. The summed E-state index contributed by atoms with van der Waals surface area (Å²) < 4.78 is 0. The number of aromatic nitrogens is 1. The summed E-state index contributed by atoms with van der Waals surface area (Å²) in [4.78, 5) is 8.08. The number of hydrogen-bond donors (Lipinski definition) is 1. The number of nitrogens with zero attached hydrogens (tertiary/aromatic N) is 2. The van der Waals surface area contributed by atoms with Crippen molar-refractivity contribution in [1.82, 2.24) is 4.98 Å². The molecule has 50 valence electrons. The molecule has 3 heteroatoms. The Balaban J connectivity index is 2.59. The third-order valence-corrected chi connectivity index (χ3v) is 1.49. The molecule has 0 fully saturated rings. The van der Waals surface area contributed by atoms with Crippen LogP contribution in [-0.4, -0.2) is 11.2 Å². The first-order valence-corrected chi connectivity index (χ1v) is 3.13. The summed E-state index contributed by atoms with van der Waals surface area (Å²) >= 11 is 0. The summed E-state index contributed by atoms with van der Waals surface area (Å²) in [5.41, 5.74) is 7.35. The van der Waals surface area contributed by atoms with Gasteiger partial charge in [-0.05, 0) is 6.07 Å². The molecule has 0 spiro atoms. The highest BCUT2D eigenvalue weighted by molar-refractivity contribution is 5.74. The van der Waals surface area contributed by atoms with Crippen LogP contribution in [0.25, 0.3) is 0 Å². The molecule has 3 nitrogen and oxygen atoms in total. The van der Waals surface area contributed by atoms with Crippen LogP contribution in [-0.2, 0) is 6.42 Å². The van der Waals surface area contributed by atoms with Crippen LogP contribution >= 0.6 is 0 Å². The Morgan fingerprint density at radius 2 is 2.40 bits per heavy atom. The first-order valence-electron chi connectivity index (χ1n) is 3.13. The zero-order valence-corrected chi connectivity index (χ0v) is 5.41. The van der Waals surface area contributed by atoms with Crippen molar-refractivity contribution < 1.29 is 0 Å². The van der Waals surface area contributed by atoms with E-state index in [-0.39, 0.29) is 0 Å². The van der Waals surface area contributed by atoms with E-state index in [1.807, 2.05) is 12.3 Å². The summed E-state index contributed by atoms with van der Waals surface area (Å²) in [7, 11) is 0. The highest BCUT2D eigenvalue weighted by atomic mass is 14.9. The Morgan fingerprint density at radius 3 is 3.30 bits per heavy atom. The average Bonchev–Trinajstić information content (AvgIpc) is 2.33. The third-order valence-electron chi connectivity index (χ3n) is 1.49. The molecule has 0 bridgehead atoms. The maximum absolute atomic E-state index is 5.51. The molecule has 2 heterocycles. The van der Waals surface area contributed by atoms with Gasteiger partial charge in [0.2, 0.25) is 0 Å². The lowest BCUT2D eigenvalue weighted by Crippen LogP contribution is -1.88. The number of nitrogens with two attached hydrogens (primary N) is 1. The van der Waals surface area contributed by atoms with E-state index >= 15 is 0 Å². The molecule has 10 heavy (non-hydrogen) atoms. The number of rotatable bonds is 0. The van der Waals surface area contributed by atoms with E-state index in [1.54, 1.807) is 6.20 Å². The molecule has 1 aliphatic rings. The molecule has 0 aliphatic carbocycles. The lowest BCUT2D eigenvalue weighted by molar-refractivity contribution is 1.25. The van der Waals surface area contributed by atoms with E-state index in [1.165, 1.54) is 0 Å². The molecular formula is C7H7N3. The minimum Gasteiger partial charge on any atom is -0.397 e. The summed E-state index contributed by atoms with van der Waals surface area (Å²) in [5.74, 6) is 0.814. The maximum atomic E-state index is 5.51. The van der Waals surface area contributed by atoms with Gasteiger partial charge in [0.1, 0.15) is 0 Å². The highest BCUT2D eigenvalue weighted by Gasteiger charge is 2.06. The normalized spacial score (nSPS) is 13.6. The number of nitrogen functional groups attached to an aromatic ring is 1. The van der Waals surface area contributed by atoms with Crippen molar-refractivity contribution in [2.75, 3.05) is 5.73 Å². The Hall–Kier alpha value is -1.38. The summed E-state index contributed by atoms with van der Waals surface area (Å²) in [6.45, 7) is 0. The van der Waals surface area contributed by atoms with Crippen molar-refractivity contribution in [1.29, 1.82) is 0 Å². The fraction of sp³-hybridized carbons (Fsp3) is 0.143. The number of fused-ring (bicyclic) bond motifs is 1. The number of hydrogen-bond acceptors (Lipinski definition) is 3. The molecule has 0 atom stereocenters. The van der Waals surface area contributed by atoms with Gasteiger partial charge in [-0.2, -0.15) is 0 Å². The first-order chi connectivity index (χ1) is 4.86. The van der Waals surface area contributed by atoms with Crippen LogP contribution in [0.5, 0.6) is 0 Å².